The van der Waals surface area contributed by atoms with Gasteiger partial charge in [-0.05, 0) is 138 Å². The summed E-state index contributed by atoms with van der Waals surface area (Å²) in [4.78, 5) is 5.30. The zero-order valence-electron chi connectivity index (χ0n) is 38.1. The molecule has 308 valence electrons. The molecule has 0 saturated heterocycles. The smallest absolute Gasteiger partial charge is 0.333 e. The third kappa shape index (κ3) is 6.15. The molecule has 0 spiro atoms. The van der Waals surface area contributed by atoms with Crippen molar-refractivity contribution in [2.45, 2.75) is 78.6 Å². The molecule has 8 aromatic rings. The topological polar surface area (TPSA) is 6.48 Å². The molecule has 2 aliphatic heterocycles. The van der Waals surface area contributed by atoms with Crippen LogP contribution >= 0.6 is 0 Å². The van der Waals surface area contributed by atoms with Gasteiger partial charge in [0.25, 0.3) is 0 Å². The highest BCUT2D eigenvalue weighted by Crippen LogP contribution is 2.54. The summed E-state index contributed by atoms with van der Waals surface area (Å²) in [7, 11) is 0. The summed E-state index contributed by atoms with van der Waals surface area (Å²) < 4.78 is 0. The molecule has 0 aromatic heterocycles. The van der Waals surface area contributed by atoms with Crippen LogP contribution in [-0.4, -0.2) is 6.85 Å². The Balaban J connectivity index is 1.27. The van der Waals surface area contributed by atoms with Crippen molar-refractivity contribution in [3.8, 4) is 44.5 Å². The lowest BCUT2D eigenvalue weighted by Gasteiger charge is -2.46. The Bertz CT molecular complexity index is 3110. The Labute approximate surface area is 375 Å². The Hall–Kier alpha value is -6.58. The summed E-state index contributed by atoms with van der Waals surface area (Å²) >= 11 is 0. The quantitative estimate of drug-likeness (QED) is 0.163. The summed E-state index contributed by atoms with van der Waals surface area (Å²) in [5.74, 6) is 0. The van der Waals surface area contributed by atoms with E-state index in [1.165, 1.54) is 112 Å². The SMILES string of the molecule is Cc1cc2c3c(c1)N(c1ccc(C(C)(C)C)cc1-c1ccccc1)c1cc4c(cc1B3N(c1ccc(C(C)(C)C)cc1)c1ccc(-c3ccccc3)cc1-2)-c1ccccc1C4(C)C. The van der Waals surface area contributed by atoms with Crippen LogP contribution in [0.5, 0.6) is 0 Å². The highest BCUT2D eigenvalue weighted by molar-refractivity contribution is 6.93. The summed E-state index contributed by atoms with van der Waals surface area (Å²) in [6.07, 6.45) is 0. The molecule has 0 fully saturated rings. The van der Waals surface area contributed by atoms with E-state index in [9.17, 15) is 0 Å². The fourth-order valence-corrected chi connectivity index (χ4v) is 10.8. The van der Waals surface area contributed by atoms with Gasteiger partial charge in [0.2, 0.25) is 0 Å². The van der Waals surface area contributed by atoms with E-state index in [0.29, 0.717) is 0 Å². The van der Waals surface area contributed by atoms with Crippen molar-refractivity contribution in [2.75, 3.05) is 9.71 Å². The van der Waals surface area contributed by atoms with Gasteiger partial charge >= 0.3 is 6.85 Å². The first-order valence-corrected chi connectivity index (χ1v) is 22.7. The normalized spacial score (nSPS) is 14.5. The molecule has 0 unspecified atom stereocenters. The molecular weight excluding hydrogens is 759 g/mol. The van der Waals surface area contributed by atoms with E-state index in [2.05, 4.69) is 242 Å². The van der Waals surface area contributed by atoms with E-state index >= 15 is 0 Å². The molecule has 2 heterocycles. The number of nitrogens with zero attached hydrogens (tertiary/aromatic N) is 2. The fourth-order valence-electron chi connectivity index (χ4n) is 10.8. The number of anilines is 5. The van der Waals surface area contributed by atoms with Crippen LogP contribution in [0.1, 0.15) is 83.2 Å². The molecule has 8 aromatic carbocycles. The minimum atomic E-state index is -0.168. The third-order valence-electron chi connectivity index (χ3n) is 14.2. The van der Waals surface area contributed by atoms with Gasteiger partial charge in [-0.1, -0.05) is 177 Å². The predicted octanol–water partition coefficient (Wildman–Crippen LogP) is 14.9. The summed E-state index contributed by atoms with van der Waals surface area (Å²) in [6, 6.07) is 64.8. The van der Waals surface area contributed by atoms with Crippen LogP contribution in [0.3, 0.4) is 0 Å². The molecule has 0 atom stereocenters. The second-order valence-corrected chi connectivity index (χ2v) is 20.7. The summed E-state index contributed by atoms with van der Waals surface area (Å²) in [6.45, 7) is 20.9. The lowest BCUT2D eigenvalue weighted by atomic mass is 9.43. The molecule has 0 bridgehead atoms. The first-order valence-electron chi connectivity index (χ1n) is 22.7. The highest BCUT2D eigenvalue weighted by atomic mass is 15.2. The maximum Gasteiger partial charge on any atom is 0.333 e. The van der Waals surface area contributed by atoms with Crippen LogP contribution in [0.15, 0.2) is 170 Å². The van der Waals surface area contributed by atoms with E-state index in [1.807, 2.05) is 0 Å². The molecule has 2 nitrogen and oxygen atoms in total. The van der Waals surface area contributed by atoms with Crippen molar-refractivity contribution >= 4 is 46.2 Å². The molecule has 0 saturated carbocycles. The van der Waals surface area contributed by atoms with Gasteiger partial charge in [-0.15, -0.1) is 0 Å². The Kier molecular flexibility index (Phi) is 8.71. The molecule has 0 N–H and O–H groups in total. The lowest BCUT2D eigenvalue weighted by Crippen LogP contribution is -2.61. The van der Waals surface area contributed by atoms with Crippen LogP contribution in [0.25, 0.3) is 44.5 Å². The standard InChI is InChI=1S/C60H55BN2/c1-38-32-49-48-34-41(39-18-12-10-13-19-39)24-30-54(48)63(44-28-25-42(26-29-44)58(2,3)4)61-52-36-47-45-22-16-17-23-50(45)60(8,9)51(47)37-55(52)62(56(33-38)57(49)61)53-31-27-43(59(5,6)7)35-46(53)40-20-14-11-15-21-40/h10-37H,1-9H3. The van der Waals surface area contributed by atoms with Crippen molar-refractivity contribution in [1.29, 1.82) is 0 Å². The zero-order valence-corrected chi connectivity index (χ0v) is 38.1. The van der Waals surface area contributed by atoms with Crippen molar-refractivity contribution in [3.05, 3.63) is 198 Å². The van der Waals surface area contributed by atoms with E-state index in [-0.39, 0.29) is 23.1 Å². The minimum Gasteiger partial charge on any atom is -0.376 e. The van der Waals surface area contributed by atoms with Crippen LogP contribution in [0.4, 0.5) is 28.4 Å². The molecule has 3 aliphatic rings. The molecule has 1 aliphatic carbocycles. The maximum absolute atomic E-state index is 2.66. The van der Waals surface area contributed by atoms with Gasteiger partial charge < -0.3 is 9.71 Å². The first-order chi connectivity index (χ1) is 30.2. The number of hydrogen-bond acceptors (Lipinski definition) is 2. The van der Waals surface area contributed by atoms with Gasteiger partial charge in [0, 0.05) is 39.3 Å². The van der Waals surface area contributed by atoms with Gasteiger partial charge in [0.05, 0.1) is 5.69 Å². The first kappa shape index (κ1) is 39.3. The number of hydrogen-bond donors (Lipinski definition) is 0. The Morgan fingerprint density at radius 2 is 1.06 bits per heavy atom. The van der Waals surface area contributed by atoms with Gasteiger partial charge in [0.15, 0.2) is 0 Å². The van der Waals surface area contributed by atoms with E-state index < -0.39 is 0 Å². The van der Waals surface area contributed by atoms with Crippen LogP contribution in [0.2, 0.25) is 0 Å². The molecular formula is C60H55BN2. The minimum absolute atomic E-state index is 0.0186. The van der Waals surface area contributed by atoms with E-state index in [0.717, 1.165) is 0 Å². The average Bonchev–Trinajstić information content (AvgIpc) is 3.50. The van der Waals surface area contributed by atoms with Gasteiger partial charge in [-0.2, -0.15) is 0 Å². The van der Waals surface area contributed by atoms with Crippen molar-refractivity contribution in [3.63, 3.8) is 0 Å². The van der Waals surface area contributed by atoms with Crippen LogP contribution in [-0.2, 0) is 16.2 Å². The number of aryl methyl sites for hydroxylation is 1. The van der Waals surface area contributed by atoms with Crippen LogP contribution in [0, 0.1) is 6.92 Å². The average molecular weight is 815 g/mol. The highest BCUT2D eigenvalue weighted by Gasteiger charge is 2.47. The van der Waals surface area contributed by atoms with Gasteiger partial charge in [-0.25, -0.2) is 0 Å². The molecule has 0 amide bonds. The van der Waals surface area contributed by atoms with Crippen molar-refractivity contribution in [1.82, 2.24) is 0 Å². The maximum atomic E-state index is 2.66. The van der Waals surface area contributed by atoms with E-state index in [4.69, 9.17) is 0 Å². The summed E-state index contributed by atoms with van der Waals surface area (Å²) in [5, 5.41) is 0. The van der Waals surface area contributed by atoms with Crippen LogP contribution < -0.4 is 20.6 Å². The Morgan fingerprint density at radius 3 is 1.76 bits per heavy atom. The summed E-state index contributed by atoms with van der Waals surface area (Å²) in [5.41, 5.74) is 25.4. The monoisotopic (exact) mass is 814 g/mol. The Morgan fingerprint density at radius 1 is 0.429 bits per heavy atom. The molecule has 63 heavy (non-hydrogen) atoms. The molecule has 0 radical (unpaired) electrons. The molecule has 11 rings (SSSR count). The number of rotatable bonds is 4. The number of fused-ring (bicyclic) bond motifs is 7. The second kappa shape index (κ2) is 14.0. The second-order valence-electron chi connectivity index (χ2n) is 20.7. The van der Waals surface area contributed by atoms with Crippen molar-refractivity contribution < 1.29 is 0 Å². The van der Waals surface area contributed by atoms with Gasteiger partial charge in [0.1, 0.15) is 0 Å². The zero-order chi connectivity index (χ0) is 43.6. The fraction of sp³-hybridized carbons (Fsp3) is 0.200. The lowest BCUT2D eigenvalue weighted by molar-refractivity contribution is 0.590. The largest absolute Gasteiger partial charge is 0.376 e. The number of benzene rings is 8. The third-order valence-corrected chi connectivity index (χ3v) is 14.2. The van der Waals surface area contributed by atoms with Gasteiger partial charge in [-0.3, -0.25) is 0 Å². The van der Waals surface area contributed by atoms with E-state index in [1.54, 1.807) is 0 Å². The molecule has 3 heteroatoms. The predicted molar refractivity (Wildman–Crippen MR) is 271 cm³/mol. The van der Waals surface area contributed by atoms with Crippen molar-refractivity contribution in [2.24, 2.45) is 0 Å².